The average Bonchev–Trinajstić information content (AvgIpc) is 3.16. The summed E-state index contributed by atoms with van der Waals surface area (Å²) in [6, 6.07) is 8.05. The first-order valence-electron chi connectivity index (χ1n) is 9.21. The number of hydrogen-bond acceptors (Lipinski definition) is 5. The molecule has 4 rings (SSSR count). The molecule has 3 amide bonds. The Morgan fingerprint density at radius 3 is 2.58 bits per heavy atom. The van der Waals surface area contributed by atoms with Crippen LogP contribution in [-0.2, 0) is 4.79 Å². The van der Waals surface area contributed by atoms with Crippen molar-refractivity contribution in [2.24, 2.45) is 0 Å². The van der Waals surface area contributed by atoms with Gasteiger partial charge >= 0.3 is 6.03 Å². The molecule has 0 radical (unpaired) electrons. The fourth-order valence-electron chi connectivity index (χ4n) is 3.81. The van der Waals surface area contributed by atoms with E-state index < -0.39 is 0 Å². The molecule has 26 heavy (non-hydrogen) atoms. The largest absolute Gasteiger partial charge is 0.328 e. The van der Waals surface area contributed by atoms with Crippen LogP contribution in [-0.4, -0.2) is 64.0 Å². The van der Waals surface area contributed by atoms with E-state index in [0.717, 1.165) is 31.4 Å². The number of benzene rings is 1. The molecular formula is C19H24N4O2S. The fourth-order valence-corrected chi connectivity index (χ4v) is 4.95. The highest BCUT2D eigenvalue weighted by molar-refractivity contribution is 7.18. The molecule has 3 heterocycles. The zero-order chi connectivity index (χ0) is 18.3. The van der Waals surface area contributed by atoms with Crippen molar-refractivity contribution in [3.63, 3.8) is 0 Å². The molecular weight excluding hydrogens is 348 g/mol. The number of piperidine rings is 1. The third-order valence-electron chi connectivity index (χ3n) is 5.21. The van der Waals surface area contributed by atoms with Gasteiger partial charge in [-0.05, 0) is 38.8 Å². The van der Waals surface area contributed by atoms with Gasteiger partial charge in [0, 0.05) is 25.0 Å². The maximum Gasteiger partial charge on any atom is 0.328 e. The number of likely N-dealkylation sites (tertiary alicyclic amines) is 1. The predicted octanol–water partition coefficient (Wildman–Crippen LogP) is 3.11. The van der Waals surface area contributed by atoms with Crippen molar-refractivity contribution in [3.8, 4) is 0 Å². The molecule has 2 fully saturated rings. The Morgan fingerprint density at radius 2 is 1.92 bits per heavy atom. The number of urea groups is 1. The van der Waals surface area contributed by atoms with E-state index in [1.807, 2.05) is 19.9 Å². The maximum atomic E-state index is 12.4. The van der Waals surface area contributed by atoms with Crippen molar-refractivity contribution < 1.29 is 9.59 Å². The van der Waals surface area contributed by atoms with Crippen molar-refractivity contribution in [1.82, 2.24) is 19.7 Å². The Labute approximate surface area is 157 Å². The summed E-state index contributed by atoms with van der Waals surface area (Å²) >= 11 is 1.80. The van der Waals surface area contributed by atoms with E-state index in [1.165, 1.54) is 14.6 Å². The van der Waals surface area contributed by atoms with Gasteiger partial charge in [0.05, 0.1) is 21.9 Å². The second kappa shape index (κ2) is 6.96. The van der Waals surface area contributed by atoms with E-state index in [-0.39, 0.29) is 24.5 Å². The first kappa shape index (κ1) is 17.4. The molecule has 2 aliphatic rings. The number of amides is 3. The number of carbonyl (C=O) groups is 2. The molecule has 0 bridgehead atoms. The summed E-state index contributed by atoms with van der Waals surface area (Å²) in [4.78, 5) is 34.6. The van der Waals surface area contributed by atoms with E-state index in [0.29, 0.717) is 12.6 Å². The average molecular weight is 372 g/mol. The molecule has 1 aromatic carbocycles. The molecule has 0 aliphatic carbocycles. The Morgan fingerprint density at radius 1 is 1.19 bits per heavy atom. The van der Waals surface area contributed by atoms with Crippen LogP contribution in [0, 0.1) is 0 Å². The molecule has 2 aromatic rings. The number of aromatic nitrogens is 1. The fraction of sp³-hybridized carbons (Fsp3) is 0.526. The maximum absolute atomic E-state index is 12.4. The van der Waals surface area contributed by atoms with Crippen LogP contribution in [0.15, 0.2) is 24.3 Å². The molecule has 0 atom stereocenters. The number of para-hydroxylation sites is 1. The van der Waals surface area contributed by atoms with Crippen LogP contribution in [0.2, 0.25) is 0 Å². The monoisotopic (exact) mass is 372 g/mol. The summed E-state index contributed by atoms with van der Waals surface area (Å²) in [5, 5.41) is 1.23. The Bertz CT molecular complexity index is 793. The summed E-state index contributed by atoms with van der Waals surface area (Å²) in [6.45, 7) is 6.36. The van der Waals surface area contributed by atoms with Gasteiger partial charge < -0.3 is 4.90 Å². The number of rotatable bonds is 4. The van der Waals surface area contributed by atoms with Gasteiger partial charge in [-0.25, -0.2) is 9.78 Å². The van der Waals surface area contributed by atoms with Gasteiger partial charge in [-0.2, -0.15) is 0 Å². The zero-order valence-corrected chi connectivity index (χ0v) is 16.0. The molecule has 138 valence electrons. The van der Waals surface area contributed by atoms with Crippen LogP contribution >= 0.6 is 11.3 Å². The highest BCUT2D eigenvalue weighted by atomic mass is 32.1. The minimum Gasteiger partial charge on any atom is -0.302 e. The molecule has 7 heteroatoms. The van der Waals surface area contributed by atoms with Gasteiger partial charge in [0.1, 0.15) is 6.54 Å². The molecule has 1 aromatic heterocycles. The van der Waals surface area contributed by atoms with Gasteiger partial charge in [0.25, 0.3) is 5.91 Å². The lowest BCUT2D eigenvalue weighted by Gasteiger charge is -2.33. The number of carbonyl (C=O) groups excluding carboxylic acids is 2. The van der Waals surface area contributed by atoms with Gasteiger partial charge in [0.2, 0.25) is 0 Å². The van der Waals surface area contributed by atoms with Gasteiger partial charge in [-0.1, -0.05) is 12.1 Å². The normalized spacial score (nSPS) is 20.1. The summed E-state index contributed by atoms with van der Waals surface area (Å²) in [5.74, 6) is 0.404. The third kappa shape index (κ3) is 3.21. The van der Waals surface area contributed by atoms with E-state index in [4.69, 9.17) is 4.98 Å². The van der Waals surface area contributed by atoms with Gasteiger partial charge in [-0.3, -0.25) is 14.6 Å². The number of fused-ring (bicyclic) bond motifs is 1. The highest BCUT2D eigenvalue weighted by Crippen LogP contribution is 2.33. The van der Waals surface area contributed by atoms with E-state index in [2.05, 4.69) is 23.1 Å². The minimum absolute atomic E-state index is 0.0789. The summed E-state index contributed by atoms with van der Waals surface area (Å²) in [6.07, 6.45) is 2.09. The van der Waals surface area contributed by atoms with Crippen LogP contribution in [0.3, 0.4) is 0 Å². The lowest BCUT2D eigenvalue weighted by atomic mass is 9.98. The van der Waals surface area contributed by atoms with Crippen LogP contribution < -0.4 is 0 Å². The van der Waals surface area contributed by atoms with Crippen LogP contribution in [0.4, 0.5) is 4.79 Å². The van der Waals surface area contributed by atoms with Crippen molar-refractivity contribution in [2.45, 2.75) is 38.6 Å². The van der Waals surface area contributed by atoms with Crippen molar-refractivity contribution in [2.75, 3.05) is 26.3 Å². The SMILES string of the molecule is CC(C)N1C(=O)CN(CN2CCC(c3nc4ccccc4s3)CC2)C1=O. The summed E-state index contributed by atoms with van der Waals surface area (Å²) in [5.41, 5.74) is 1.09. The van der Waals surface area contributed by atoms with E-state index in [9.17, 15) is 9.59 Å². The Balaban J connectivity index is 1.35. The quantitative estimate of drug-likeness (QED) is 0.774. The summed E-state index contributed by atoms with van der Waals surface area (Å²) < 4.78 is 1.25. The van der Waals surface area contributed by atoms with Crippen LogP contribution in [0.25, 0.3) is 10.2 Å². The molecule has 2 saturated heterocycles. The highest BCUT2D eigenvalue weighted by Gasteiger charge is 2.38. The standard InChI is InChI=1S/C19H24N4O2S/c1-13(2)23-17(24)11-22(19(23)25)12-21-9-7-14(8-10-21)18-20-15-5-3-4-6-16(15)26-18/h3-6,13-14H,7-12H2,1-2H3. The number of hydrogen-bond donors (Lipinski definition) is 0. The number of nitrogens with zero attached hydrogens (tertiary/aromatic N) is 4. The zero-order valence-electron chi connectivity index (χ0n) is 15.2. The van der Waals surface area contributed by atoms with Crippen molar-refractivity contribution >= 4 is 33.5 Å². The molecule has 0 unspecified atom stereocenters. The summed E-state index contributed by atoms with van der Waals surface area (Å²) in [7, 11) is 0. The molecule has 2 aliphatic heterocycles. The molecule has 0 N–H and O–H groups in total. The third-order valence-corrected chi connectivity index (χ3v) is 6.40. The lowest BCUT2D eigenvalue weighted by Crippen LogP contribution is -2.44. The van der Waals surface area contributed by atoms with Gasteiger partial charge in [0.15, 0.2) is 0 Å². The molecule has 0 spiro atoms. The second-order valence-electron chi connectivity index (χ2n) is 7.39. The minimum atomic E-state index is -0.154. The Kier molecular flexibility index (Phi) is 4.67. The van der Waals surface area contributed by atoms with Crippen LogP contribution in [0.5, 0.6) is 0 Å². The number of imide groups is 1. The van der Waals surface area contributed by atoms with Gasteiger partial charge in [-0.15, -0.1) is 11.3 Å². The number of thiazole rings is 1. The topological polar surface area (TPSA) is 56.8 Å². The van der Waals surface area contributed by atoms with Crippen molar-refractivity contribution in [3.05, 3.63) is 29.3 Å². The van der Waals surface area contributed by atoms with Crippen molar-refractivity contribution in [1.29, 1.82) is 0 Å². The molecule has 0 saturated carbocycles. The lowest BCUT2D eigenvalue weighted by molar-refractivity contribution is -0.126. The van der Waals surface area contributed by atoms with E-state index in [1.54, 1.807) is 16.2 Å². The first-order valence-corrected chi connectivity index (χ1v) is 10.0. The first-order chi connectivity index (χ1) is 12.5. The smallest absolute Gasteiger partial charge is 0.302 e. The second-order valence-corrected chi connectivity index (χ2v) is 8.45. The predicted molar refractivity (Wildman–Crippen MR) is 102 cm³/mol. The molecule has 6 nitrogen and oxygen atoms in total. The van der Waals surface area contributed by atoms with Crippen LogP contribution in [0.1, 0.15) is 37.6 Å². The Hall–Kier alpha value is -1.99. The van der Waals surface area contributed by atoms with E-state index >= 15 is 0 Å².